The fourth-order valence-electron chi connectivity index (χ4n) is 4.46. The Hall–Kier alpha value is -3.57. The van der Waals surface area contributed by atoms with Crippen molar-refractivity contribution in [3.05, 3.63) is 99.3 Å². The van der Waals surface area contributed by atoms with Crippen LogP contribution in [0.4, 0.5) is 23.2 Å². The smallest absolute Gasteiger partial charge is 0.362 e. The van der Waals surface area contributed by atoms with Crippen molar-refractivity contribution < 1.29 is 22.4 Å². The fourth-order valence-corrected chi connectivity index (χ4v) is 4.68. The highest BCUT2D eigenvalue weighted by Crippen LogP contribution is 2.35. The zero-order chi connectivity index (χ0) is 26.0. The molecule has 3 aromatic carbocycles. The Morgan fingerprint density at radius 3 is 2.58 bits per heavy atom. The Labute approximate surface area is 211 Å². The monoisotopic (exact) mass is 515 g/mol. The summed E-state index contributed by atoms with van der Waals surface area (Å²) >= 11 is 6.25. The number of rotatable bonds is 5. The van der Waals surface area contributed by atoms with E-state index in [9.17, 15) is 27.6 Å². The van der Waals surface area contributed by atoms with Crippen LogP contribution in [0.3, 0.4) is 0 Å². The Kier molecular flexibility index (Phi) is 7.23. The lowest BCUT2D eigenvalue weighted by molar-refractivity contribution is -0.138. The van der Waals surface area contributed by atoms with E-state index in [1.807, 2.05) is 6.07 Å². The molecule has 186 valence electrons. The van der Waals surface area contributed by atoms with Crippen molar-refractivity contribution in [2.75, 3.05) is 18.0 Å². The number of anilines is 1. The van der Waals surface area contributed by atoms with Crippen LogP contribution < -0.4 is 4.90 Å². The Bertz CT molecular complexity index is 1340. The van der Waals surface area contributed by atoms with Gasteiger partial charge in [-0.1, -0.05) is 29.8 Å². The fraction of sp³-hybridized carbons (Fsp3) is 0.259. The maximum absolute atomic E-state index is 13.7. The van der Waals surface area contributed by atoms with E-state index >= 15 is 0 Å². The Balaban J connectivity index is 1.66. The first-order chi connectivity index (χ1) is 17.1. The van der Waals surface area contributed by atoms with Gasteiger partial charge in [0.15, 0.2) is 0 Å². The van der Waals surface area contributed by atoms with Gasteiger partial charge >= 0.3 is 6.18 Å². The van der Waals surface area contributed by atoms with Gasteiger partial charge in [0.2, 0.25) is 0 Å². The second-order valence-electron chi connectivity index (χ2n) is 8.72. The maximum Gasteiger partial charge on any atom is 0.416 e. The van der Waals surface area contributed by atoms with Gasteiger partial charge in [0.1, 0.15) is 11.9 Å². The van der Waals surface area contributed by atoms with Gasteiger partial charge < -0.3 is 9.80 Å². The summed E-state index contributed by atoms with van der Waals surface area (Å²) in [7, 11) is 0. The van der Waals surface area contributed by atoms with E-state index in [2.05, 4.69) is 0 Å². The van der Waals surface area contributed by atoms with Crippen molar-refractivity contribution in [3.63, 3.8) is 0 Å². The normalized spacial score (nSPS) is 15.6. The minimum atomic E-state index is -4.53. The second kappa shape index (κ2) is 10.2. The van der Waals surface area contributed by atoms with Crippen molar-refractivity contribution in [1.29, 1.82) is 5.26 Å². The van der Waals surface area contributed by atoms with Gasteiger partial charge in [0.25, 0.3) is 5.91 Å². The molecule has 1 heterocycles. The van der Waals surface area contributed by atoms with Crippen LogP contribution in [0.2, 0.25) is 5.02 Å². The molecule has 0 bridgehead atoms. The molecule has 36 heavy (non-hydrogen) atoms. The number of carbonyl (C=O) groups is 1. The number of hydrogen-bond acceptors (Lipinski definition) is 3. The number of hydrogen-bond donors (Lipinski definition) is 0. The summed E-state index contributed by atoms with van der Waals surface area (Å²) in [6, 6.07) is 15.9. The highest BCUT2D eigenvalue weighted by Gasteiger charge is 2.36. The Morgan fingerprint density at radius 2 is 1.92 bits per heavy atom. The summed E-state index contributed by atoms with van der Waals surface area (Å²) < 4.78 is 54.8. The molecule has 0 unspecified atom stereocenters. The zero-order valence-electron chi connectivity index (χ0n) is 19.3. The quantitative estimate of drug-likeness (QED) is 0.360. The SMILES string of the molecule is Cc1cc(C(=O)N2CC[C@H](N(Cc3ccccc3C(F)(F)F)c3ccc(C#N)c(Cl)c3)C2)ccc1F. The summed E-state index contributed by atoms with van der Waals surface area (Å²) in [5.74, 6) is -0.674. The first-order valence-corrected chi connectivity index (χ1v) is 11.6. The first-order valence-electron chi connectivity index (χ1n) is 11.3. The minimum Gasteiger partial charge on any atom is -0.362 e. The topological polar surface area (TPSA) is 47.3 Å². The number of nitriles is 1. The number of halogens is 5. The lowest BCUT2D eigenvalue weighted by Crippen LogP contribution is -2.39. The van der Waals surface area contributed by atoms with Gasteiger partial charge in [-0.05, 0) is 66.9 Å². The molecule has 3 aromatic rings. The zero-order valence-corrected chi connectivity index (χ0v) is 20.1. The predicted octanol–water partition coefficient (Wildman–Crippen LogP) is 6.60. The number of likely N-dealkylation sites (tertiary alicyclic amines) is 1. The van der Waals surface area contributed by atoms with E-state index in [0.717, 1.165) is 6.07 Å². The largest absolute Gasteiger partial charge is 0.416 e. The Morgan fingerprint density at radius 1 is 1.17 bits per heavy atom. The molecule has 0 aliphatic carbocycles. The third kappa shape index (κ3) is 5.31. The van der Waals surface area contributed by atoms with Gasteiger partial charge in [-0.3, -0.25) is 4.79 Å². The molecule has 0 aromatic heterocycles. The summed E-state index contributed by atoms with van der Waals surface area (Å²) in [5.41, 5.74) is 0.866. The molecule has 0 saturated carbocycles. The molecule has 1 amide bonds. The van der Waals surface area contributed by atoms with Gasteiger partial charge in [-0.2, -0.15) is 18.4 Å². The molecule has 1 aliphatic rings. The van der Waals surface area contributed by atoms with Crippen LogP contribution in [-0.4, -0.2) is 29.9 Å². The number of amides is 1. The third-order valence-electron chi connectivity index (χ3n) is 6.36. The number of carbonyl (C=O) groups excluding carboxylic acids is 1. The third-order valence-corrected chi connectivity index (χ3v) is 6.68. The second-order valence-corrected chi connectivity index (χ2v) is 9.12. The maximum atomic E-state index is 13.7. The minimum absolute atomic E-state index is 0.0692. The molecule has 4 rings (SSSR count). The predicted molar refractivity (Wildman–Crippen MR) is 129 cm³/mol. The average Bonchev–Trinajstić information content (AvgIpc) is 3.33. The van der Waals surface area contributed by atoms with E-state index in [4.69, 9.17) is 11.6 Å². The van der Waals surface area contributed by atoms with Crippen molar-refractivity contribution >= 4 is 23.2 Å². The summed E-state index contributed by atoms with van der Waals surface area (Å²) in [6.45, 7) is 2.16. The van der Waals surface area contributed by atoms with Crippen LogP contribution in [0.25, 0.3) is 0 Å². The van der Waals surface area contributed by atoms with Crippen LogP contribution in [-0.2, 0) is 12.7 Å². The van der Waals surface area contributed by atoms with Gasteiger partial charge in [-0.25, -0.2) is 4.39 Å². The lowest BCUT2D eigenvalue weighted by atomic mass is 10.0. The van der Waals surface area contributed by atoms with E-state index in [-0.39, 0.29) is 41.2 Å². The van der Waals surface area contributed by atoms with Gasteiger partial charge in [0, 0.05) is 36.9 Å². The van der Waals surface area contributed by atoms with E-state index in [1.165, 1.54) is 36.4 Å². The van der Waals surface area contributed by atoms with Crippen molar-refractivity contribution in [2.45, 2.75) is 32.1 Å². The number of alkyl halides is 3. The molecule has 9 heteroatoms. The highest BCUT2D eigenvalue weighted by molar-refractivity contribution is 6.32. The molecule has 4 nitrogen and oxygen atoms in total. The molecule has 1 fully saturated rings. The summed E-state index contributed by atoms with van der Waals surface area (Å²) in [6.07, 6.45) is -4.01. The van der Waals surface area contributed by atoms with Gasteiger partial charge in [-0.15, -0.1) is 0 Å². The van der Waals surface area contributed by atoms with Crippen LogP contribution >= 0.6 is 11.6 Å². The van der Waals surface area contributed by atoms with Crippen LogP contribution in [0.5, 0.6) is 0 Å². The van der Waals surface area contributed by atoms with Crippen molar-refractivity contribution in [1.82, 2.24) is 4.90 Å². The molecule has 0 N–H and O–H groups in total. The molecule has 1 saturated heterocycles. The molecule has 1 atom stereocenters. The van der Waals surface area contributed by atoms with Crippen LogP contribution in [0.1, 0.15) is 39.0 Å². The summed E-state index contributed by atoms with van der Waals surface area (Å²) in [5, 5.41) is 9.41. The lowest BCUT2D eigenvalue weighted by Gasteiger charge is -2.32. The number of nitrogens with zero attached hydrogens (tertiary/aromatic N) is 3. The van der Waals surface area contributed by atoms with Crippen LogP contribution in [0, 0.1) is 24.1 Å². The van der Waals surface area contributed by atoms with E-state index in [0.29, 0.717) is 29.8 Å². The average molecular weight is 516 g/mol. The highest BCUT2D eigenvalue weighted by atomic mass is 35.5. The molecule has 1 aliphatic heterocycles. The molecular weight excluding hydrogens is 494 g/mol. The van der Waals surface area contributed by atoms with E-state index < -0.39 is 17.6 Å². The van der Waals surface area contributed by atoms with Gasteiger partial charge in [0.05, 0.1) is 16.1 Å². The van der Waals surface area contributed by atoms with E-state index in [1.54, 1.807) is 34.9 Å². The number of aryl methyl sites for hydroxylation is 1. The molecule has 0 radical (unpaired) electrons. The standard InChI is InChI=1S/C27H22ClF4N3O/c1-17-12-18(7-9-25(17)29)26(36)34-11-10-22(16-34)35(21-8-6-19(14-33)24(28)13-21)15-20-4-2-3-5-23(20)27(30,31)32/h2-9,12-13,22H,10-11,15-16H2,1H3/t22-/m0/s1. The number of benzene rings is 3. The molecule has 0 spiro atoms. The van der Waals surface area contributed by atoms with Crippen LogP contribution in [0.15, 0.2) is 60.7 Å². The first kappa shape index (κ1) is 25.5. The molecular formula is C27H22ClF4N3O. The van der Waals surface area contributed by atoms with Crippen molar-refractivity contribution in [3.8, 4) is 6.07 Å². The van der Waals surface area contributed by atoms with Crippen molar-refractivity contribution in [2.24, 2.45) is 0 Å². The summed E-state index contributed by atoms with van der Waals surface area (Å²) in [4.78, 5) is 16.5.